The van der Waals surface area contributed by atoms with E-state index in [1.54, 1.807) is 12.1 Å². The lowest BCUT2D eigenvalue weighted by Gasteiger charge is -2.22. The van der Waals surface area contributed by atoms with E-state index in [1.807, 2.05) is 6.92 Å². The van der Waals surface area contributed by atoms with E-state index in [0.29, 0.717) is 59.4 Å². The highest BCUT2D eigenvalue weighted by Gasteiger charge is 2.34. The van der Waals surface area contributed by atoms with Gasteiger partial charge in [-0.15, -0.1) is 0 Å². The zero-order valence-electron chi connectivity index (χ0n) is 15.6. The minimum atomic E-state index is -4.41. The van der Waals surface area contributed by atoms with Gasteiger partial charge in [-0.1, -0.05) is 12.1 Å². The number of nitrogens with zero attached hydrogens (tertiary/aromatic N) is 2. The molecule has 2 aromatic carbocycles. The lowest BCUT2D eigenvalue weighted by Crippen LogP contribution is -2.16. The van der Waals surface area contributed by atoms with Gasteiger partial charge < -0.3 is 5.32 Å². The summed E-state index contributed by atoms with van der Waals surface area (Å²) in [7, 11) is 0. The summed E-state index contributed by atoms with van der Waals surface area (Å²) in [6.45, 7) is 1.81. The predicted octanol–water partition coefficient (Wildman–Crippen LogP) is 6.60. The van der Waals surface area contributed by atoms with Crippen molar-refractivity contribution in [2.75, 3.05) is 5.32 Å². The van der Waals surface area contributed by atoms with Gasteiger partial charge in [0.05, 0.1) is 21.6 Å². The quantitative estimate of drug-likeness (QED) is 0.378. The van der Waals surface area contributed by atoms with Crippen molar-refractivity contribution in [3.05, 3.63) is 63.1 Å². The molecule has 2 heterocycles. The molecule has 0 fully saturated rings. The van der Waals surface area contributed by atoms with Gasteiger partial charge in [0.25, 0.3) is 0 Å². The molecule has 1 aliphatic rings. The van der Waals surface area contributed by atoms with Crippen LogP contribution < -0.4 is 5.32 Å². The van der Waals surface area contributed by atoms with Crippen LogP contribution in [0.25, 0.3) is 10.9 Å². The van der Waals surface area contributed by atoms with Crippen LogP contribution in [0.5, 0.6) is 0 Å². The molecule has 0 radical (unpaired) electrons. The molecule has 1 N–H and O–H groups in total. The van der Waals surface area contributed by atoms with Gasteiger partial charge in [-0.3, -0.25) is 0 Å². The van der Waals surface area contributed by atoms with Crippen molar-refractivity contribution in [2.45, 2.75) is 44.8 Å². The highest BCUT2D eigenvalue weighted by atomic mass is 79.9. The number of benzene rings is 2. The number of hydrogen-bond donors (Lipinski definition) is 1. The molecule has 1 atom stereocenters. The molecular weight excluding hydrogens is 450 g/mol. The van der Waals surface area contributed by atoms with Crippen molar-refractivity contribution in [3.8, 4) is 0 Å². The molecule has 8 heteroatoms. The van der Waals surface area contributed by atoms with E-state index < -0.39 is 23.6 Å². The molecule has 1 aliphatic heterocycles. The maximum atomic E-state index is 14.0. The third kappa shape index (κ3) is 3.95. The van der Waals surface area contributed by atoms with Crippen LogP contribution in [0.3, 0.4) is 0 Å². The number of nitrogens with one attached hydrogen (secondary N) is 1. The van der Waals surface area contributed by atoms with Crippen molar-refractivity contribution < 1.29 is 17.6 Å². The first-order valence-corrected chi connectivity index (χ1v) is 10.1. The summed E-state index contributed by atoms with van der Waals surface area (Å²) in [5.41, 5.74) is 0.792. The van der Waals surface area contributed by atoms with Crippen LogP contribution in [0.4, 0.5) is 23.4 Å². The Kier molecular flexibility index (Phi) is 5.23. The minimum Gasteiger partial charge on any atom is -0.363 e. The van der Waals surface area contributed by atoms with Crippen LogP contribution in [-0.4, -0.2) is 9.97 Å². The Morgan fingerprint density at radius 2 is 1.86 bits per heavy atom. The number of anilines is 1. The van der Waals surface area contributed by atoms with Crippen molar-refractivity contribution in [1.29, 1.82) is 0 Å². The van der Waals surface area contributed by atoms with E-state index in [4.69, 9.17) is 0 Å². The largest absolute Gasteiger partial charge is 0.416 e. The number of fused-ring (bicyclic) bond motifs is 5. The SMILES string of the molecule is C[C@H]1Nc2nc(nc3cc(F)c(Br)cc23)CCCCc2c1cccc2C(F)(F)F. The third-order valence-electron chi connectivity index (χ3n) is 5.20. The molecular formula is C21H18BrF4N3. The third-order valence-corrected chi connectivity index (χ3v) is 5.81. The van der Waals surface area contributed by atoms with Crippen molar-refractivity contribution in [3.63, 3.8) is 0 Å². The summed E-state index contributed by atoms with van der Waals surface area (Å²) in [4.78, 5) is 9.03. The number of halogens is 5. The Hall–Kier alpha value is -2.22. The molecule has 3 nitrogen and oxygen atoms in total. The Balaban J connectivity index is 1.87. The fourth-order valence-corrected chi connectivity index (χ4v) is 4.16. The molecule has 0 unspecified atom stereocenters. The van der Waals surface area contributed by atoms with Gasteiger partial charge in [-0.25, -0.2) is 14.4 Å². The highest BCUT2D eigenvalue weighted by Crippen LogP contribution is 2.37. The maximum Gasteiger partial charge on any atom is 0.416 e. The summed E-state index contributed by atoms with van der Waals surface area (Å²) < 4.78 is 55.1. The number of alkyl halides is 3. The normalized spacial score (nSPS) is 17.4. The van der Waals surface area contributed by atoms with E-state index in [-0.39, 0.29) is 4.47 Å². The van der Waals surface area contributed by atoms with Gasteiger partial charge in [-0.2, -0.15) is 13.2 Å². The van der Waals surface area contributed by atoms with Crippen LogP contribution in [0.1, 0.15) is 48.3 Å². The van der Waals surface area contributed by atoms with E-state index in [0.717, 1.165) is 6.07 Å². The summed E-state index contributed by atoms with van der Waals surface area (Å²) in [6.07, 6.45) is -2.34. The molecule has 0 aliphatic carbocycles. The molecule has 2 bridgehead atoms. The lowest BCUT2D eigenvalue weighted by molar-refractivity contribution is -0.138. The summed E-state index contributed by atoms with van der Waals surface area (Å²) in [6, 6.07) is 6.82. The minimum absolute atomic E-state index is 0.279. The van der Waals surface area contributed by atoms with Gasteiger partial charge in [-0.05, 0) is 65.4 Å². The second kappa shape index (κ2) is 7.55. The number of rotatable bonds is 0. The van der Waals surface area contributed by atoms with E-state index in [1.165, 1.54) is 12.1 Å². The molecule has 0 spiro atoms. The standard InChI is InChI=1S/C21H18BrF4N3/c1-11-12-6-4-7-15(21(24,25)26)13(12)5-2-3-8-19-28-18-10-17(23)16(22)9-14(18)20(27-11)29-19/h4,6-7,9-11H,2-3,5,8H2,1H3,(H,27,28,29)/t11-/m1/s1. The van der Waals surface area contributed by atoms with Crippen molar-refractivity contribution in [1.82, 2.24) is 9.97 Å². The second-order valence-electron chi connectivity index (χ2n) is 7.22. The fourth-order valence-electron chi connectivity index (χ4n) is 3.82. The highest BCUT2D eigenvalue weighted by molar-refractivity contribution is 9.10. The Morgan fingerprint density at radius 3 is 2.62 bits per heavy atom. The van der Waals surface area contributed by atoms with Gasteiger partial charge in [0.15, 0.2) is 0 Å². The molecule has 152 valence electrons. The average Bonchev–Trinajstić information content (AvgIpc) is 2.67. The van der Waals surface area contributed by atoms with Crippen molar-refractivity contribution in [2.24, 2.45) is 0 Å². The summed E-state index contributed by atoms with van der Waals surface area (Å²) in [5, 5.41) is 3.85. The first-order chi connectivity index (χ1) is 13.7. The zero-order chi connectivity index (χ0) is 20.8. The smallest absolute Gasteiger partial charge is 0.363 e. The van der Waals surface area contributed by atoms with Gasteiger partial charge in [0, 0.05) is 17.9 Å². The fraction of sp³-hybridized carbons (Fsp3) is 0.333. The maximum absolute atomic E-state index is 14.0. The predicted molar refractivity (Wildman–Crippen MR) is 107 cm³/mol. The van der Waals surface area contributed by atoms with E-state index >= 15 is 0 Å². The van der Waals surface area contributed by atoms with E-state index in [9.17, 15) is 17.6 Å². The molecule has 0 amide bonds. The van der Waals surface area contributed by atoms with Crippen LogP contribution in [0.15, 0.2) is 34.8 Å². The van der Waals surface area contributed by atoms with Gasteiger partial charge in [0.2, 0.25) is 0 Å². The van der Waals surface area contributed by atoms with E-state index in [2.05, 4.69) is 31.2 Å². The second-order valence-corrected chi connectivity index (χ2v) is 8.07. The number of aromatic nitrogens is 2. The number of hydrogen-bond acceptors (Lipinski definition) is 3. The summed E-state index contributed by atoms with van der Waals surface area (Å²) in [5.74, 6) is 0.616. The molecule has 1 aromatic heterocycles. The van der Waals surface area contributed by atoms with Crippen LogP contribution in [0, 0.1) is 5.82 Å². The van der Waals surface area contributed by atoms with Crippen LogP contribution >= 0.6 is 15.9 Å². The lowest BCUT2D eigenvalue weighted by atomic mass is 9.92. The molecule has 3 aromatic rings. The van der Waals surface area contributed by atoms with Crippen LogP contribution in [0.2, 0.25) is 0 Å². The molecule has 0 saturated carbocycles. The summed E-state index contributed by atoms with van der Waals surface area (Å²) >= 11 is 3.18. The molecule has 0 saturated heterocycles. The van der Waals surface area contributed by atoms with Crippen LogP contribution in [-0.2, 0) is 19.0 Å². The monoisotopic (exact) mass is 467 g/mol. The molecule has 29 heavy (non-hydrogen) atoms. The molecule has 4 rings (SSSR count). The number of aryl methyl sites for hydroxylation is 1. The zero-order valence-corrected chi connectivity index (χ0v) is 17.2. The Morgan fingerprint density at radius 1 is 1.10 bits per heavy atom. The average molecular weight is 468 g/mol. The van der Waals surface area contributed by atoms with Gasteiger partial charge in [0.1, 0.15) is 17.5 Å². The van der Waals surface area contributed by atoms with Crippen molar-refractivity contribution >= 4 is 32.7 Å². The topological polar surface area (TPSA) is 37.8 Å². The first kappa shape index (κ1) is 20.1. The first-order valence-electron chi connectivity index (χ1n) is 9.35. The Bertz CT molecular complexity index is 1080. The van der Waals surface area contributed by atoms with Gasteiger partial charge >= 0.3 is 6.18 Å². The Labute approximate surface area is 173 Å².